The number of carbonyl (C=O) groups is 1. The fraction of sp³-hybridized carbons (Fsp3) is 0.121. The average molecular weight is 628 g/mol. The number of allylic oxidation sites excluding steroid dienone is 1. The number of halogens is 1. The van der Waals surface area contributed by atoms with E-state index in [-0.39, 0.29) is 11.5 Å². The third kappa shape index (κ3) is 6.24. The molecule has 10 heteroatoms. The lowest BCUT2D eigenvalue weighted by Crippen LogP contribution is -2.40. The second kappa shape index (κ2) is 12.5. The largest absolute Gasteiger partial charge is 0.494 e. The minimum Gasteiger partial charge on any atom is -0.494 e. The molecule has 0 saturated heterocycles. The summed E-state index contributed by atoms with van der Waals surface area (Å²) in [6.07, 6.45) is 1.72. The van der Waals surface area contributed by atoms with E-state index in [9.17, 15) is 9.59 Å². The first-order chi connectivity index (χ1) is 20.9. The highest BCUT2D eigenvalue weighted by molar-refractivity contribution is 7.99. The number of benzene rings is 3. The van der Waals surface area contributed by atoms with E-state index in [0.29, 0.717) is 54.5 Å². The minimum absolute atomic E-state index is 0.261. The van der Waals surface area contributed by atoms with Crippen LogP contribution in [0.5, 0.6) is 5.75 Å². The second-order valence-corrected chi connectivity index (χ2v) is 12.1. The maximum Gasteiger partial charge on any atom is 0.271 e. The zero-order valence-electron chi connectivity index (χ0n) is 23.2. The molecule has 3 heterocycles. The van der Waals surface area contributed by atoms with Crippen molar-refractivity contribution in [3.8, 4) is 5.75 Å². The molecule has 0 saturated carbocycles. The summed E-state index contributed by atoms with van der Waals surface area (Å²) in [6, 6.07) is 27.2. The lowest BCUT2D eigenvalue weighted by atomic mass is 9.95. The van der Waals surface area contributed by atoms with Crippen molar-refractivity contribution < 1.29 is 13.9 Å². The van der Waals surface area contributed by atoms with Gasteiger partial charge in [0.1, 0.15) is 11.5 Å². The summed E-state index contributed by atoms with van der Waals surface area (Å²) in [7, 11) is 0. The second-order valence-electron chi connectivity index (χ2n) is 9.62. The molecule has 1 atom stereocenters. The summed E-state index contributed by atoms with van der Waals surface area (Å²) in [6.45, 7) is 4.25. The highest BCUT2D eigenvalue weighted by Crippen LogP contribution is 2.32. The Kier molecular flexibility index (Phi) is 8.38. The Morgan fingerprint density at radius 3 is 2.53 bits per heavy atom. The van der Waals surface area contributed by atoms with Crippen LogP contribution in [-0.2, 0) is 4.79 Å². The predicted octanol–water partition coefficient (Wildman–Crippen LogP) is 6.67. The smallest absolute Gasteiger partial charge is 0.271 e. The average Bonchev–Trinajstić information content (AvgIpc) is 3.57. The van der Waals surface area contributed by atoms with Gasteiger partial charge in [0.2, 0.25) is 0 Å². The highest BCUT2D eigenvalue weighted by Gasteiger charge is 2.32. The molecule has 1 amide bonds. The molecule has 5 aromatic rings. The molecule has 1 aliphatic heterocycles. The van der Waals surface area contributed by atoms with Crippen molar-refractivity contribution in [1.29, 1.82) is 0 Å². The fourth-order valence-corrected chi connectivity index (χ4v) is 6.71. The number of para-hydroxylation sites is 1. The molecule has 1 aliphatic rings. The molecule has 43 heavy (non-hydrogen) atoms. The van der Waals surface area contributed by atoms with Crippen molar-refractivity contribution in [2.45, 2.75) is 29.9 Å². The van der Waals surface area contributed by atoms with Crippen LogP contribution in [0.15, 0.2) is 126 Å². The first-order valence-electron chi connectivity index (χ1n) is 13.5. The molecule has 0 radical (unpaired) electrons. The zero-order valence-corrected chi connectivity index (χ0v) is 25.6. The van der Waals surface area contributed by atoms with Crippen molar-refractivity contribution in [1.82, 2.24) is 4.57 Å². The topological polar surface area (TPSA) is 85.8 Å². The molecule has 0 fully saturated rings. The normalized spacial score (nSPS) is 14.8. The molecule has 7 nitrogen and oxygen atoms in total. The fourth-order valence-electron chi connectivity index (χ4n) is 4.77. The van der Waals surface area contributed by atoms with E-state index < -0.39 is 6.04 Å². The molecule has 0 unspecified atom stereocenters. The Labute approximate surface area is 260 Å². The maximum absolute atomic E-state index is 14.0. The number of ether oxygens (including phenoxy) is 1. The summed E-state index contributed by atoms with van der Waals surface area (Å²) >= 11 is 8.72. The Morgan fingerprint density at radius 2 is 1.81 bits per heavy atom. The van der Waals surface area contributed by atoms with Gasteiger partial charge in [-0.15, -0.1) is 0 Å². The van der Waals surface area contributed by atoms with Crippen LogP contribution in [0.25, 0.3) is 6.08 Å². The molecule has 1 N–H and O–H groups in total. The van der Waals surface area contributed by atoms with Crippen LogP contribution in [0.4, 0.5) is 5.69 Å². The predicted molar refractivity (Wildman–Crippen MR) is 171 cm³/mol. The van der Waals surface area contributed by atoms with E-state index in [0.717, 1.165) is 10.5 Å². The van der Waals surface area contributed by atoms with E-state index in [2.05, 4.69) is 5.32 Å². The van der Waals surface area contributed by atoms with Crippen LogP contribution in [-0.4, -0.2) is 17.1 Å². The van der Waals surface area contributed by atoms with E-state index >= 15 is 0 Å². The van der Waals surface area contributed by atoms with Gasteiger partial charge < -0.3 is 14.5 Å². The number of hydrogen-bond acceptors (Lipinski definition) is 7. The quantitative estimate of drug-likeness (QED) is 0.208. The molecular weight excluding hydrogens is 602 g/mol. The van der Waals surface area contributed by atoms with Gasteiger partial charge in [0, 0.05) is 21.7 Å². The van der Waals surface area contributed by atoms with Gasteiger partial charge in [-0.05, 0) is 80.1 Å². The molecule has 2 aromatic heterocycles. The van der Waals surface area contributed by atoms with E-state index in [1.54, 1.807) is 17.6 Å². The monoisotopic (exact) mass is 627 g/mol. The molecule has 6 rings (SSSR count). The number of aromatic nitrogens is 1. The van der Waals surface area contributed by atoms with Gasteiger partial charge in [0.05, 0.1) is 28.5 Å². The van der Waals surface area contributed by atoms with Crippen molar-refractivity contribution in [2.24, 2.45) is 4.99 Å². The number of hydrogen-bond donors (Lipinski definition) is 1. The van der Waals surface area contributed by atoms with Gasteiger partial charge in [0.15, 0.2) is 9.89 Å². The van der Waals surface area contributed by atoms with Crippen LogP contribution in [0, 0.1) is 0 Å². The number of furan rings is 1. The molecule has 0 spiro atoms. The lowest BCUT2D eigenvalue weighted by Gasteiger charge is -2.25. The first-order valence-corrected chi connectivity index (χ1v) is 15.6. The lowest BCUT2D eigenvalue weighted by molar-refractivity contribution is -0.113. The van der Waals surface area contributed by atoms with Crippen LogP contribution in [0.3, 0.4) is 0 Å². The van der Waals surface area contributed by atoms with E-state index in [4.69, 9.17) is 25.7 Å². The zero-order chi connectivity index (χ0) is 29.9. The Morgan fingerprint density at radius 1 is 1.07 bits per heavy atom. The number of thiazole rings is 1. The third-order valence-electron chi connectivity index (χ3n) is 6.71. The first kappa shape index (κ1) is 28.8. The summed E-state index contributed by atoms with van der Waals surface area (Å²) in [5, 5.41) is 4.32. The number of amides is 1. The number of nitrogens with zero attached hydrogens (tertiary/aromatic N) is 2. The van der Waals surface area contributed by atoms with Gasteiger partial charge >= 0.3 is 0 Å². The van der Waals surface area contributed by atoms with Crippen LogP contribution < -0.4 is 24.9 Å². The maximum atomic E-state index is 14.0. The van der Waals surface area contributed by atoms with Crippen molar-refractivity contribution in [3.05, 3.63) is 138 Å². The van der Waals surface area contributed by atoms with Gasteiger partial charge in [0.25, 0.3) is 11.5 Å². The summed E-state index contributed by atoms with van der Waals surface area (Å²) in [5.74, 6) is 0.923. The van der Waals surface area contributed by atoms with Gasteiger partial charge in [-0.1, -0.05) is 65.0 Å². The molecule has 3 aromatic carbocycles. The summed E-state index contributed by atoms with van der Waals surface area (Å²) in [5.41, 5.74) is 2.10. The van der Waals surface area contributed by atoms with Crippen molar-refractivity contribution in [3.63, 3.8) is 0 Å². The minimum atomic E-state index is -0.689. The molecule has 0 aliphatic carbocycles. The van der Waals surface area contributed by atoms with Gasteiger partial charge in [-0.3, -0.25) is 14.2 Å². The molecular formula is C33H26ClN3O4S2. The molecule has 0 bridgehead atoms. The van der Waals surface area contributed by atoms with Gasteiger partial charge in [-0.2, -0.15) is 0 Å². The van der Waals surface area contributed by atoms with E-state index in [1.165, 1.54) is 23.1 Å². The summed E-state index contributed by atoms with van der Waals surface area (Å²) in [4.78, 5) is 33.9. The number of rotatable bonds is 8. The van der Waals surface area contributed by atoms with Crippen LogP contribution in [0.2, 0.25) is 5.02 Å². The van der Waals surface area contributed by atoms with Crippen LogP contribution in [0.1, 0.15) is 31.2 Å². The number of anilines is 1. The SMILES string of the molecule is CCOc1ccc([C@H]2C(C(=O)Nc3ccccc3)=C(C)N=c3s/c(=C/c4ccc(Sc5ccc(Cl)cc5)o4)c(=O)n32)cc1. The van der Waals surface area contributed by atoms with E-state index in [1.807, 2.05) is 97.9 Å². The Bertz CT molecular complexity index is 1990. The summed E-state index contributed by atoms with van der Waals surface area (Å²) < 4.78 is 13.7. The third-order valence-corrected chi connectivity index (χ3v) is 8.88. The Hall–Kier alpha value is -4.31. The van der Waals surface area contributed by atoms with Crippen molar-refractivity contribution >= 4 is 52.4 Å². The highest BCUT2D eigenvalue weighted by atomic mass is 35.5. The van der Waals surface area contributed by atoms with Crippen LogP contribution >= 0.6 is 34.7 Å². The number of nitrogens with one attached hydrogen (secondary N) is 1. The molecule has 216 valence electrons. The Balaban J connectivity index is 1.40. The standard InChI is InChI=1S/C33H26ClN3O4S2/c1-3-40-24-13-9-21(10-14-24)30-29(31(38)36-23-7-5-4-6-8-23)20(2)35-33-37(30)32(39)27(43-33)19-25-15-18-28(41-25)42-26-16-11-22(34)12-17-26/h4-19,30H,3H2,1-2H3,(H,36,38)/b27-19+/t30-/m0/s1. The number of carbonyl (C=O) groups excluding carboxylic acids is 1. The van der Waals surface area contributed by atoms with Crippen molar-refractivity contribution in [2.75, 3.05) is 11.9 Å². The van der Waals surface area contributed by atoms with Gasteiger partial charge in [-0.25, -0.2) is 4.99 Å². The number of fused-ring (bicyclic) bond motifs is 1.